The molecule has 28 nitrogen and oxygen atoms in total. The van der Waals surface area contributed by atoms with Crippen molar-refractivity contribution in [2.24, 2.45) is 11.5 Å². The predicted octanol–water partition coefficient (Wildman–Crippen LogP) is 1.31. The molecule has 30 heteroatoms. The van der Waals surface area contributed by atoms with Gasteiger partial charge in [0, 0.05) is 25.0 Å². The minimum atomic E-state index is -1.75. The largest absolute Gasteiger partial charge is 2.00 e. The summed E-state index contributed by atoms with van der Waals surface area (Å²) in [7, 11) is 0. The van der Waals surface area contributed by atoms with E-state index in [2.05, 4.69) is 10.6 Å². The van der Waals surface area contributed by atoms with E-state index < -0.39 is 32.3 Å². The van der Waals surface area contributed by atoms with Gasteiger partial charge >= 0.3 is 42.1 Å². The molecule has 0 bridgehead atoms. The van der Waals surface area contributed by atoms with Gasteiger partial charge in [-0.15, -0.1) is 20.2 Å². The van der Waals surface area contributed by atoms with E-state index in [1.165, 1.54) is 51.4 Å². The van der Waals surface area contributed by atoms with Crippen molar-refractivity contribution < 1.29 is 92.7 Å². The third-order valence-electron chi connectivity index (χ3n) is 5.06. The minimum Gasteiger partial charge on any atom is -0.550 e. The summed E-state index contributed by atoms with van der Waals surface area (Å²) in [5.74, 6) is -1.86. The van der Waals surface area contributed by atoms with Gasteiger partial charge in [-0.25, -0.2) is 0 Å². The van der Waals surface area contributed by atoms with Crippen LogP contribution >= 0.6 is 0 Å². The van der Waals surface area contributed by atoms with E-state index in [0.717, 1.165) is 77.8 Å². The van der Waals surface area contributed by atoms with Crippen molar-refractivity contribution in [3.63, 3.8) is 0 Å². The first-order valence-corrected chi connectivity index (χ1v) is 15.9. The summed E-state index contributed by atoms with van der Waals surface area (Å²) in [5.41, 5.74) is 10.9. The molecule has 0 amide bonds. The molecule has 0 aromatic carbocycles. The molecular weight excluding hydrogens is 1130 g/mol. The molecular formula is C26H70N12O16Pt2. The van der Waals surface area contributed by atoms with Crippen LogP contribution in [-0.2, 0) is 51.7 Å². The van der Waals surface area contributed by atoms with E-state index in [9.17, 15) is 19.8 Å². The number of carboxylic acids is 2. The first kappa shape index (κ1) is 89.4. The van der Waals surface area contributed by atoms with Gasteiger partial charge in [0.05, 0.1) is 10.2 Å². The summed E-state index contributed by atoms with van der Waals surface area (Å²) < 4.78 is 0. The number of nitrogens with zero attached hydrogens (tertiary/aromatic N) is 4. The molecule has 0 aromatic rings. The van der Waals surface area contributed by atoms with Crippen molar-refractivity contribution in [3.05, 3.63) is 50.9 Å². The van der Waals surface area contributed by atoms with E-state index in [-0.39, 0.29) is 79.6 Å². The predicted molar refractivity (Wildman–Crippen MR) is 197 cm³/mol. The fourth-order valence-electron chi connectivity index (χ4n) is 2.96. The number of rotatable bonds is 23. The van der Waals surface area contributed by atoms with Crippen molar-refractivity contribution in [2.75, 3.05) is 39.3 Å². The number of carboxylic acid groups (broad SMARTS) is 2. The summed E-state index contributed by atoms with van der Waals surface area (Å²) in [6.07, 6.45) is 16.1. The maximum atomic E-state index is 9.76. The Morgan fingerprint density at radius 2 is 0.696 bits per heavy atom. The minimum absolute atomic E-state index is 0. The quantitative estimate of drug-likeness (QED) is 0.0392. The number of unbranched alkanes of at least 4 members (excludes halogenated alkanes) is 10. The smallest absolute Gasteiger partial charge is 0.550 e. The van der Waals surface area contributed by atoms with Crippen LogP contribution in [-0.4, -0.2) is 82.0 Å². The van der Waals surface area contributed by atoms with Gasteiger partial charge < -0.3 is 108 Å². The number of nitrogens with one attached hydrogen (secondary N) is 2. The summed E-state index contributed by atoms with van der Waals surface area (Å²) in [5, 5.41) is 83.2. The molecule has 0 aliphatic carbocycles. The second kappa shape index (κ2) is 88.8. The molecule has 0 saturated carbocycles. The van der Waals surface area contributed by atoms with Gasteiger partial charge in [-0.2, -0.15) is 0 Å². The third-order valence-corrected chi connectivity index (χ3v) is 5.06. The average molecular weight is 1200 g/mol. The van der Waals surface area contributed by atoms with Gasteiger partial charge in [0.25, 0.3) is 10.2 Å². The molecule has 0 radical (unpaired) electrons. The molecule has 0 atom stereocenters. The Bertz CT molecular complexity index is 679. The van der Waals surface area contributed by atoms with Gasteiger partial charge in [0.2, 0.25) is 0 Å². The summed E-state index contributed by atoms with van der Waals surface area (Å²) in [6.45, 7) is 10.2. The Morgan fingerprint density at radius 3 is 0.875 bits per heavy atom. The van der Waals surface area contributed by atoms with E-state index in [1.54, 1.807) is 0 Å². The molecule has 0 aliphatic heterocycles. The molecule has 0 aromatic heterocycles. The van der Waals surface area contributed by atoms with Crippen LogP contribution in [0, 0.1) is 50.9 Å². The monoisotopic (exact) mass is 1200 g/mol. The normalized spacial score (nSPS) is 7.86. The number of hydrogen-bond acceptors (Lipinski definition) is 22. The summed E-state index contributed by atoms with van der Waals surface area (Å²) in [4.78, 5) is 52.7. The van der Waals surface area contributed by atoms with Crippen LogP contribution in [0.4, 0.5) is 0 Å². The van der Waals surface area contributed by atoms with E-state index in [4.69, 9.17) is 72.8 Å². The van der Waals surface area contributed by atoms with Crippen LogP contribution in [0.25, 0.3) is 0 Å². The van der Waals surface area contributed by atoms with Gasteiger partial charge in [-0.05, 0) is 77.5 Å². The van der Waals surface area contributed by atoms with E-state index in [0.29, 0.717) is 0 Å². The Labute approximate surface area is 357 Å². The van der Waals surface area contributed by atoms with Gasteiger partial charge in [0.1, 0.15) is 0 Å². The molecule has 0 fully saturated rings. The van der Waals surface area contributed by atoms with Crippen LogP contribution in [0.5, 0.6) is 0 Å². The Kier molecular flexibility index (Phi) is 142. The number of nitrogens with two attached hydrogens (primary N) is 2. The Hall–Kier alpha value is -3.20. The molecule has 0 aliphatic rings. The van der Waals surface area contributed by atoms with Crippen LogP contribution in [0.15, 0.2) is 0 Å². The van der Waals surface area contributed by atoms with Crippen LogP contribution in [0.3, 0.4) is 0 Å². The number of carbonyl (C=O) groups is 2. The fourth-order valence-corrected chi connectivity index (χ4v) is 2.96. The van der Waals surface area contributed by atoms with Gasteiger partial charge in [-0.3, -0.25) is 0 Å². The standard InChI is InChI=1S/C14H34N4.2C6H12O2.2HNO3.2NO3.4H3N.2Pt/c15-9-5-1-3-7-11-17-13-14-18-12-8-4-2-6-10-16;2*1-2-3-4-5-6(7)8;4*2-1(3)4;;;;;;/h17-18H,1-16H2;2*2-5H2,1H3,(H,7,8);2*(H,2,3,4);;;4*1H3;;/q;;;;;2*-1;;;;;2*+2/p-2. The first-order valence-electron chi connectivity index (χ1n) is 15.9. The fraction of sp³-hybridized carbons (Fsp3) is 0.923. The van der Waals surface area contributed by atoms with Gasteiger partial charge in [0.15, 0.2) is 0 Å². The second-order valence-electron chi connectivity index (χ2n) is 9.49. The topological polar surface area (TPSA) is 555 Å². The van der Waals surface area contributed by atoms with E-state index in [1.807, 2.05) is 13.8 Å². The first-order chi connectivity index (χ1) is 23.4. The Morgan fingerprint density at radius 1 is 0.482 bits per heavy atom. The maximum Gasteiger partial charge on any atom is 2.00 e. The molecule has 20 N–H and O–H groups in total. The summed E-state index contributed by atoms with van der Waals surface area (Å²) in [6, 6.07) is 0. The maximum absolute atomic E-state index is 9.76. The molecule has 56 heavy (non-hydrogen) atoms. The third kappa shape index (κ3) is 265. The van der Waals surface area contributed by atoms with Crippen molar-refractivity contribution in [1.29, 1.82) is 0 Å². The summed E-state index contributed by atoms with van der Waals surface area (Å²) >= 11 is 0. The second-order valence-corrected chi connectivity index (χ2v) is 9.49. The van der Waals surface area contributed by atoms with E-state index >= 15 is 0 Å². The molecule has 0 spiro atoms. The number of carbonyl (C=O) groups excluding carboxylic acids is 2. The molecule has 0 unspecified atom stereocenters. The van der Waals surface area contributed by atoms with Crippen LogP contribution in [0.1, 0.15) is 117 Å². The zero-order valence-corrected chi connectivity index (χ0v) is 37.1. The SMILES string of the molecule is CCCCCC(=O)[O-].CCCCCC(=O)[O-].N.N.N.N.NCCCCCCNCCNCCCCCCN.O=[N+]([O-])O.O=[N+]([O-])O.O=[N+]([O-])[O-].O=[N+]([O-])[O-].[Pt+2].[Pt+2]. The van der Waals surface area contributed by atoms with Crippen molar-refractivity contribution >= 4 is 11.9 Å². The van der Waals surface area contributed by atoms with Crippen LogP contribution in [0.2, 0.25) is 0 Å². The molecule has 0 saturated heterocycles. The molecule has 0 rings (SSSR count). The number of aliphatic carboxylic acids is 2. The Balaban J connectivity index is -0.0000000379. The van der Waals surface area contributed by atoms with Crippen molar-refractivity contribution in [1.82, 2.24) is 35.2 Å². The average Bonchev–Trinajstić information content (AvgIpc) is 2.97. The number of hydrogen-bond donors (Lipinski definition) is 10. The van der Waals surface area contributed by atoms with Crippen LogP contribution < -0.4 is 56.9 Å². The zero-order chi connectivity index (χ0) is 40.4. The van der Waals surface area contributed by atoms with Crippen molar-refractivity contribution in [3.8, 4) is 0 Å². The molecule has 350 valence electrons. The van der Waals surface area contributed by atoms with Gasteiger partial charge in [-0.1, -0.05) is 65.2 Å². The molecule has 0 heterocycles. The zero-order valence-electron chi connectivity index (χ0n) is 32.6. The van der Waals surface area contributed by atoms with Crippen molar-refractivity contribution in [2.45, 2.75) is 117 Å².